The van der Waals surface area contributed by atoms with Crippen molar-refractivity contribution in [2.75, 3.05) is 27.2 Å². The number of hydrogen-bond acceptors (Lipinski definition) is 6. The summed E-state index contributed by atoms with van der Waals surface area (Å²) in [7, 11) is 6.39. The van der Waals surface area contributed by atoms with Gasteiger partial charge in [-0.3, -0.25) is 19.3 Å². The first-order chi connectivity index (χ1) is 12.1. The summed E-state index contributed by atoms with van der Waals surface area (Å²) in [5.74, 6) is -0.0382. The predicted molar refractivity (Wildman–Crippen MR) is 102 cm³/mol. The molecule has 0 aliphatic heterocycles. The number of rotatable bonds is 1. The Bertz CT molecular complexity index is 853. The average molecular weight is 369 g/mol. The Balaban J connectivity index is 0.000000421. The van der Waals surface area contributed by atoms with E-state index in [0.29, 0.717) is 24.3 Å². The van der Waals surface area contributed by atoms with E-state index in [-0.39, 0.29) is 23.2 Å². The normalized spacial score (nSPS) is 9.46. The summed E-state index contributed by atoms with van der Waals surface area (Å²) >= 11 is 0. The Labute approximate surface area is 149 Å². The molecule has 10 N–H and O–H groups in total. The van der Waals surface area contributed by atoms with E-state index in [1.807, 2.05) is 0 Å². The highest BCUT2D eigenvalue weighted by Crippen LogP contribution is 1.97. The van der Waals surface area contributed by atoms with Crippen LogP contribution in [0.3, 0.4) is 0 Å². The van der Waals surface area contributed by atoms with Crippen molar-refractivity contribution in [1.82, 2.24) is 24.0 Å². The van der Waals surface area contributed by atoms with E-state index in [9.17, 15) is 9.59 Å². The third kappa shape index (κ3) is 6.37. The molecular formula is C13H27N11O2. The van der Waals surface area contributed by atoms with Crippen LogP contribution < -0.4 is 34.2 Å². The van der Waals surface area contributed by atoms with E-state index in [2.05, 4.69) is 15.0 Å². The molecule has 2 heterocycles. The molecular weight excluding hydrogens is 342 g/mol. The van der Waals surface area contributed by atoms with Crippen LogP contribution in [0, 0.1) is 5.41 Å². The number of aromatic nitrogens is 4. The van der Waals surface area contributed by atoms with E-state index >= 15 is 0 Å². The number of aliphatic imine (C=N–C) groups is 1. The fraction of sp³-hybridized carbons (Fsp3) is 0.462. The number of aromatic amines is 1. The van der Waals surface area contributed by atoms with Crippen LogP contribution in [-0.2, 0) is 14.1 Å². The standard InChI is InChI=1S/C7H8N4O2.C4H11N5.C2H8N2/c1-10-5-4(8-3-9-5)6(12)11(2)7(10)13;1-9(2)4(7)8-3(5)6;3-1-2-4/h3H,1-2H3,(H,8,9);1-2H3,(H5,5,6,7,8);1-4H2. The third-order valence-electron chi connectivity index (χ3n) is 2.85. The third-order valence-corrected chi connectivity index (χ3v) is 2.85. The SMILES string of the molecule is CN(C)C(=N)N=C(N)N.Cn1c(=O)c2[nH]cnc2n(C)c1=O.NCCN. The van der Waals surface area contributed by atoms with Crippen molar-refractivity contribution in [3.63, 3.8) is 0 Å². The number of fused-ring (bicyclic) bond motifs is 1. The molecule has 26 heavy (non-hydrogen) atoms. The summed E-state index contributed by atoms with van der Waals surface area (Å²) in [5.41, 5.74) is 19.8. The van der Waals surface area contributed by atoms with Crippen molar-refractivity contribution < 1.29 is 0 Å². The number of aryl methyl sites for hydroxylation is 1. The quantitative estimate of drug-likeness (QED) is 0.219. The topological polar surface area (TPSA) is 216 Å². The molecule has 0 amide bonds. The molecule has 0 aromatic carbocycles. The fourth-order valence-electron chi connectivity index (χ4n) is 1.49. The van der Waals surface area contributed by atoms with Crippen molar-refractivity contribution in [2.24, 2.45) is 42.0 Å². The van der Waals surface area contributed by atoms with Gasteiger partial charge in [0, 0.05) is 41.3 Å². The van der Waals surface area contributed by atoms with E-state index in [1.165, 1.54) is 22.8 Å². The molecule has 2 aromatic heterocycles. The Morgan fingerprint density at radius 3 is 2.15 bits per heavy atom. The Morgan fingerprint density at radius 2 is 1.77 bits per heavy atom. The molecule has 0 aliphatic carbocycles. The maximum absolute atomic E-state index is 11.4. The first kappa shape index (κ1) is 22.8. The van der Waals surface area contributed by atoms with Gasteiger partial charge in [0.05, 0.1) is 6.33 Å². The van der Waals surface area contributed by atoms with Gasteiger partial charge in [0.1, 0.15) is 5.52 Å². The zero-order valence-corrected chi connectivity index (χ0v) is 15.4. The van der Waals surface area contributed by atoms with Crippen molar-refractivity contribution in [1.29, 1.82) is 5.41 Å². The van der Waals surface area contributed by atoms with Crippen LogP contribution in [0.4, 0.5) is 0 Å². The molecule has 0 saturated carbocycles. The second-order valence-electron chi connectivity index (χ2n) is 5.14. The summed E-state index contributed by atoms with van der Waals surface area (Å²) in [5, 5.41) is 7.05. The van der Waals surface area contributed by atoms with Gasteiger partial charge in [0.2, 0.25) is 5.96 Å². The molecule has 2 aromatic rings. The molecule has 13 nitrogen and oxygen atoms in total. The van der Waals surface area contributed by atoms with Gasteiger partial charge in [-0.2, -0.15) is 4.99 Å². The zero-order chi connectivity index (χ0) is 20.4. The first-order valence-corrected chi connectivity index (χ1v) is 7.43. The predicted octanol–water partition coefficient (Wildman–Crippen LogP) is -3.38. The van der Waals surface area contributed by atoms with Crippen LogP contribution in [-0.4, -0.2) is 63.1 Å². The lowest BCUT2D eigenvalue weighted by molar-refractivity contribution is 0.609. The molecule has 0 unspecified atom stereocenters. The lowest BCUT2D eigenvalue weighted by Crippen LogP contribution is -2.36. The van der Waals surface area contributed by atoms with Gasteiger partial charge >= 0.3 is 5.69 Å². The van der Waals surface area contributed by atoms with E-state index in [4.69, 9.17) is 28.3 Å². The van der Waals surface area contributed by atoms with Crippen molar-refractivity contribution in [3.8, 4) is 0 Å². The first-order valence-electron chi connectivity index (χ1n) is 7.43. The van der Waals surface area contributed by atoms with Crippen LogP contribution in [0.2, 0.25) is 0 Å². The molecule has 0 spiro atoms. The Morgan fingerprint density at radius 1 is 1.23 bits per heavy atom. The van der Waals surface area contributed by atoms with Crippen molar-refractivity contribution in [2.45, 2.75) is 0 Å². The van der Waals surface area contributed by atoms with Crippen molar-refractivity contribution in [3.05, 3.63) is 27.2 Å². The maximum Gasteiger partial charge on any atom is 0.332 e. The van der Waals surface area contributed by atoms with Crippen LogP contribution in [0.15, 0.2) is 20.9 Å². The van der Waals surface area contributed by atoms with Gasteiger partial charge < -0.3 is 32.8 Å². The number of hydrogen-bond donors (Lipinski definition) is 6. The Kier molecular flexibility index (Phi) is 9.32. The molecule has 2 rings (SSSR count). The van der Waals surface area contributed by atoms with Crippen LogP contribution >= 0.6 is 0 Å². The largest absolute Gasteiger partial charge is 0.370 e. The average Bonchev–Trinajstić information content (AvgIpc) is 3.08. The van der Waals surface area contributed by atoms with E-state index in [1.54, 1.807) is 21.1 Å². The number of nitrogens with zero attached hydrogens (tertiary/aromatic N) is 5. The summed E-state index contributed by atoms with van der Waals surface area (Å²) in [6.45, 7) is 1.19. The summed E-state index contributed by atoms with van der Waals surface area (Å²) < 4.78 is 2.37. The number of nitrogens with two attached hydrogens (primary N) is 4. The second kappa shape index (κ2) is 10.6. The van der Waals surface area contributed by atoms with Gasteiger partial charge in [0.15, 0.2) is 11.6 Å². The highest BCUT2D eigenvalue weighted by Gasteiger charge is 2.08. The summed E-state index contributed by atoms with van der Waals surface area (Å²) in [6, 6.07) is 0. The van der Waals surface area contributed by atoms with E-state index < -0.39 is 0 Å². The molecule has 146 valence electrons. The molecule has 0 atom stereocenters. The second-order valence-corrected chi connectivity index (χ2v) is 5.14. The molecule has 0 aliphatic rings. The van der Waals surface area contributed by atoms with Gasteiger partial charge in [-0.05, 0) is 0 Å². The van der Waals surface area contributed by atoms with Gasteiger partial charge in [-0.25, -0.2) is 9.78 Å². The number of nitrogens with one attached hydrogen (secondary N) is 2. The van der Waals surface area contributed by atoms with Crippen LogP contribution in [0.25, 0.3) is 11.2 Å². The minimum Gasteiger partial charge on any atom is -0.370 e. The highest BCUT2D eigenvalue weighted by molar-refractivity contribution is 5.91. The van der Waals surface area contributed by atoms with E-state index in [0.717, 1.165) is 4.57 Å². The van der Waals surface area contributed by atoms with Crippen molar-refractivity contribution >= 4 is 23.1 Å². The molecule has 0 fully saturated rings. The molecule has 13 heteroatoms. The zero-order valence-electron chi connectivity index (χ0n) is 15.4. The van der Waals surface area contributed by atoms with Gasteiger partial charge in [0.25, 0.3) is 5.56 Å². The number of imidazole rings is 1. The Hall–Kier alpha value is -3.19. The van der Waals surface area contributed by atoms with Gasteiger partial charge in [-0.15, -0.1) is 0 Å². The number of guanidine groups is 2. The smallest absolute Gasteiger partial charge is 0.332 e. The molecule has 0 bridgehead atoms. The lowest BCUT2D eigenvalue weighted by atomic mass is 10.5. The van der Waals surface area contributed by atoms with Gasteiger partial charge in [-0.1, -0.05) is 0 Å². The van der Waals surface area contributed by atoms with Crippen LogP contribution in [0.1, 0.15) is 0 Å². The molecule has 0 saturated heterocycles. The minimum atomic E-state index is -0.371. The highest BCUT2D eigenvalue weighted by atomic mass is 16.2. The monoisotopic (exact) mass is 369 g/mol. The number of H-pyrrole nitrogens is 1. The van der Waals surface area contributed by atoms with Crippen LogP contribution in [0.5, 0.6) is 0 Å². The summed E-state index contributed by atoms with van der Waals surface area (Å²) in [6.07, 6.45) is 1.39. The lowest BCUT2D eigenvalue weighted by Gasteiger charge is -2.07. The summed E-state index contributed by atoms with van der Waals surface area (Å²) in [4.78, 5) is 34.3. The molecule has 0 radical (unpaired) electrons. The maximum atomic E-state index is 11.4. The fourth-order valence-corrected chi connectivity index (χ4v) is 1.49. The minimum absolute atomic E-state index is 0.0509.